The Kier molecular flexibility index (Phi) is 7.17. The molecule has 1 amide bonds. The van der Waals surface area contributed by atoms with E-state index in [-0.39, 0.29) is 12.5 Å². The van der Waals surface area contributed by atoms with Crippen molar-refractivity contribution in [3.63, 3.8) is 0 Å². The zero-order chi connectivity index (χ0) is 24.4. The average Bonchev–Trinajstić information content (AvgIpc) is 3.50. The van der Waals surface area contributed by atoms with Crippen LogP contribution in [0.25, 0.3) is 0 Å². The van der Waals surface area contributed by atoms with E-state index in [0.717, 1.165) is 24.6 Å². The summed E-state index contributed by atoms with van der Waals surface area (Å²) in [6, 6.07) is 5.58. The van der Waals surface area contributed by atoms with Crippen LogP contribution in [-0.4, -0.2) is 40.6 Å². The van der Waals surface area contributed by atoms with E-state index in [9.17, 15) is 9.90 Å². The zero-order valence-electron chi connectivity index (χ0n) is 20.5. The molecule has 5 rings (SSSR count). The highest BCUT2D eigenvalue weighted by Crippen LogP contribution is 2.53. The van der Waals surface area contributed by atoms with Crippen LogP contribution in [0.4, 0.5) is 11.8 Å². The number of rotatable bonds is 8. The Balaban J connectivity index is 1.31. The Bertz CT molecular complexity index is 1070. The molecule has 35 heavy (non-hydrogen) atoms. The fourth-order valence-electron chi connectivity index (χ4n) is 5.40. The molecular weight excluding hydrogens is 462 g/mol. The van der Waals surface area contributed by atoms with Crippen LogP contribution in [0.5, 0.6) is 0 Å². The summed E-state index contributed by atoms with van der Waals surface area (Å²) in [4.78, 5) is 24.8. The van der Waals surface area contributed by atoms with Crippen molar-refractivity contribution in [3.05, 3.63) is 46.1 Å². The van der Waals surface area contributed by atoms with E-state index in [1.54, 1.807) is 6.20 Å². The van der Waals surface area contributed by atoms with Crippen LogP contribution in [0.1, 0.15) is 73.4 Å². The first kappa shape index (κ1) is 24.3. The third kappa shape index (κ3) is 5.72. The molecule has 0 unspecified atom stereocenters. The maximum atomic E-state index is 13.2. The molecule has 3 aliphatic rings. The van der Waals surface area contributed by atoms with E-state index in [4.69, 9.17) is 16.6 Å². The number of halogens is 1. The second-order valence-corrected chi connectivity index (χ2v) is 11.3. The number of benzene rings is 1. The summed E-state index contributed by atoms with van der Waals surface area (Å²) < 4.78 is 0. The minimum Gasteiger partial charge on any atom is -0.392 e. The lowest BCUT2D eigenvalue weighted by Gasteiger charge is -2.26. The Morgan fingerprint density at radius 2 is 2.03 bits per heavy atom. The number of carbonyl (C=O) groups excluding carboxylic acids is 1. The number of amides is 1. The Morgan fingerprint density at radius 3 is 2.71 bits per heavy atom. The number of aromatic nitrogens is 2. The molecule has 2 aromatic rings. The Hall–Kier alpha value is -2.38. The highest BCUT2D eigenvalue weighted by molar-refractivity contribution is 6.31. The van der Waals surface area contributed by atoms with Crippen molar-refractivity contribution in [2.24, 2.45) is 17.3 Å². The molecule has 8 heteroatoms. The Morgan fingerprint density at radius 1 is 1.23 bits per heavy atom. The number of aliphatic hydroxyl groups excluding tert-OH is 1. The fourth-order valence-corrected chi connectivity index (χ4v) is 5.66. The van der Waals surface area contributed by atoms with Crippen LogP contribution >= 0.6 is 11.6 Å². The van der Waals surface area contributed by atoms with Crippen molar-refractivity contribution in [1.82, 2.24) is 15.3 Å². The van der Waals surface area contributed by atoms with Gasteiger partial charge in [0.05, 0.1) is 6.61 Å². The van der Waals surface area contributed by atoms with Crippen molar-refractivity contribution in [1.29, 1.82) is 0 Å². The summed E-state index contributed by atoms with van der Waals surface area (Å²) >= 11 is 6.28. The molecule has 2 aliphatic carbocycles. The van der Waals surface area contributed by atoms with Crippen LogP contribution in [-0.2, 0) is 13.2 Å². The first-order valence-corrected chi connectivity index (χ1v) is 13.3. The molecule has 2 saturated carbocycles. The summed E-state index contributed by atoms with van der Waals surface area (Å²) in [5.74, 6) is 2.43. The molecule has 3 N–H and O–H groups in total. The van der Waals surface area contributed by atoms with Gasteiger partial charge in [-0.25, -0.2) is 4.98 Å². The second-order valence-electron chi connectivity index (χ2n) is 10.9. The van der Waals surface area contributed by atoms with Crippen molar-refractivity contribution in [2.45, 2.75) is 65.0 Å². The summed E-state index contributed by atoms with van der Waals surface area (Å²) in [5, 5.41) is 16.4. The third-order valence-corrected chi connectivity index (χ3v) is 8.49. The van der Waals surface area contributed by atoms with E-state index in [1.807, 2.05) is 18.2 Å². The maximum absolute atomic E-state index is 13.2. The lowest BCUT2D eigenvalue weighted by atomic mass is 9.83. The van der Waals surface area contributed by atoms with Crippen LogP contribution < -0.4 is 15.5 Å². The number of hydrogen-bond acceptors (Lipinski definition) is 6. The number of nitrogens with one attached hydrogen (secondary N) is 2. The highest BCUT2D eigenvalue weighted by atomic mass is 35.5. The van der Waals surface area contributed by atoms with E-state index in [1.165, 1.54) is 44.9 Å². The number of aliphatic hydroxyl groups is 1. The molecule has 1 aromatic carbocycles. The number of hydrogen-bond donors (Lipinski definition) is 3. The number of nitrogens with zero attached hydrogens (tertiary/aromatic N) is 3. The van der Waals surface area contributed by atoms with E-state index >= 15 is 0 Å². The van der Waals surface area contributed by atoms with Gasteiger partial charge in [-0.05, 0) is 66.5 Å². The van der Waals surface area contributed by atoms with Crippen LogP contribution in [0.2, 0.25) is 5.02 Å². The predicted molar refractivity (Wildman–Crippen MR) is 139 cm³/mol. The lowest BCUT2D eigenvalue weighted by Crippen LogP contribution is -2.32. The zero-order valence-corrected chi connectivity index (χ0v) is 21.3. The van der Waals surface area contributed by atoms with Crippen LogP contribution in [0, 0.1) is 17.3 Å². The fraction of sp³-hybridized carbons (Fsp3) is 0.593. The van der Waals surface area contributed by atoms with Gasteiger partial charge in [0.25, 0.3) is 5.91 Å². The molecule has 0 bridgehead atoms. The summed E-state index contributed by atoms with van der Waals surface area (Å²) in [6.07, 6.45) is 10.3. The van der Waals surface area contributed by atoms with Gasteiger partial charge in [-0.1, -0.05) is 43.5 Å². The van der Waals surface area contributed by atoms with Gasteiger partial charge in [-0.3, -0.25) is 4.79 Å². The molecule has 0 atom stereocenters. The summed E-state index contributed by atoms with van der Waals surface area (Å²) in [6.45, 7) is 5.33. The molecule has 1 spiro atoms. The van der Waals surface area contributed by atoms with E-state index in [0.29, 0.717) is 52.3 Å². The monoisotopic (exact) mass is 497 g/mol. The first-order chi connectivity index (χ1) is 16.9. The lowest BCUT2D eigenvalue weighted by molar-refractivity contribution is 0.0942. The first-order valence-electron chi connectivity index (χ1n) is 13.0. The average molecular weight is 498 g/mol. The smallest absolute Gasteiger partial charge is 0.256 e. The van der Waals surface area contributed by atoms with Crippen molar-refractivity contribution in [2.75, 3.05) is 29.9 Å². The molecule has 1 saturated heterocycles. The second kappa shape index (κ2) is 10.3. The normalized spacial score (nSPS) is 22.9. The van der Waals surface area contributed by atoms with Gasteiger partial charge in [0.1, 0.15) is 11.4 Å². The van der Waals surface area contributed by atoms with Gasteiger partial charge >= 0.3 is 0 Å². The van der Waals surface area contributed by atoms with Crippen molar-refractivity contribution < 1.29 is 9.90 Å². The summed E-state index contributed by atoms with van der Waals surface area (Å²) in [5.41, 5.74) is 2.58. The molecule has 7 nitrogen and oxygen atoms in total. The predicted octanol–water partition coefficient (Wildman–Crippen LogP) is 4.78. The van der Waals surface area contributed by atoms with E-state index in [2.05, 4.69) is 27.4 Å². The number of anilines is 2. The molecule has 1 aliphatic heterocycles. The van der Waals surface area contributed by atoms with Gasteiger partial charge in [-0.15, -0.1) is 0 Å². The van der Waals surface area contributed by atoms with Crippen molar-refractivity contribution >= 4 is 29.3 Å². The highest BCUT2D eigenvalue weighted by Gasteiger charge is 2.48. The third-order valence-electron chi connectivity index (χ3n) is 8.13. The number of carbonyl (C=O) groups is 1. The largest absolute Gasteiger partial charge is 0.392 e. The van der Waals surface area contributed by atoms with Crippen molar-refractivity contribution in [3.8, 4) is 0 Å². The Labute approximate surface area is 212 Å². The van der Waals surface area contributed by atoms with Gasteiger partial charge in [0.15, 0.2) is 0 Å². The van der Waals surface area contributed by atoms with Gasteiger partial charge in [-0.2, -0.15) is 4.98 Å². The topological polar surface area (TPSA) is 90.4 Å². The SMILES string of the molecule is CC1CCC(CNC(=O)c2cnc(N3CCC4(CC4)C3)nc2NCc2ccc(CO)c(Cl)c2)CC1. The standard InChI is InChI=1S/C27H36ClN5O2/c1-18-2-4-19(5-3-18)13-30-25(35)22-15-31-26(33-11-10-27(17-33)8-9-27)32-24(22)29-14-20-6-7-21(16-34)23(28)12-20/h6-7,12,15,18-19,34H,2-5,8-11,13-14,16-17H2,1H3,(H,30,35)(H,29,31,32). The quantitative estimate of drug-likeness (QED) is 0.486. The molecule has 188 valence electrons. The maximum Gasteiger partial charge on any atom is 0.256 e. The molecule has 3 fully saturated rings. The van der Waals surface area contributed by atoms with Crippen LogP contribution in [0.3, 0.4) is 0 Å². The molecule has 0 radical (unpaired) electrons. The minimum atomic E-state index is -0.133. The summed E-state index contributed by atoms with van der Waals surface area (Å²) in [7, 11) is 0. The molecule has 1 aromatic heterocycles. The van der Waals surface area contributed by atoms with Crippen LogP contribution in [0.15, 0.2) is 24.4 Å². The van der Waals surface area contributed by atoms with Gasteiger partial charge in [0, 0.05) is 37.4 Å². The van der Waals surface area contributed by atoms with Gasteiger partial charge in [0.2, 0.25) is 5.95 Å². The molecular formula is C27H36ClN5O2. The minimum absolute atomic E-state index is 0.0939. The molecule has 2 heterocycles. The van der Waals surface area contributed by atoms with Gasteiger partial charge < -0.3 is 20.6 Å². The van der Waals surface area contributed by atoms with E-state index < -0.39 is 0 Å².